The second-order valence-electron chi connectivity index (χ2n) is 5.86. The van der Waals surface area contributed by atoms with Crippen molar-refractivity contribution in [2.75, 3.05) is 5.32 Å². The van der Waals surface area contributed by atoms with E-state index < -0.39 is 33.3 Å². The summed E-state index contributed by atoms with van der Waals surface area (Å²) in [5.74, 6) is -1.94. The van der Waals surface area contributed by atoms with Crippen LogP contribution in [0.5, 0.6) is 0 Å². The molecule has 0 spiro atoms. The summed E-state index contributed by atoms with van der Waals surface area (Å²) in [6.07, 6.45) is 2.34. The predicted molar refractivity (Wildman–Crippen MR) is 103 cm³/mol. The Morgan fingerprint density at radius 3 is 2.34 bits per heavy atom. The van der Waals surface area contributed by atoms with Gasteiger partial charge in [0.15, 0.2) is 0 Å². The third-order valence-corrected chi connectivity index (χ3v) is 5.20. The Balaban J connectivity index is 1.59. The van der Waals surface area contributed by atoms with E-state index in [1.807, 2.05) is 0 Å². The number of hydrogen-bond acceptors (Lipinski definition) is 4. The van der Waals surface area contributed by atoms with Gasteiger partial charge in [-0.15, -0.1) is 0 Å². The number of halogens is 2. The van der Waals surface area contributed by atoms with E-state index in [4.69, 9.17) is 4.42 Å². The minimum Gasteiger partial charge on any atom is -0.460 e. The fourth-order valence-corrected chi connectivity index (χ4v) is 3.38. The summed E-state index contributed by atoms with van der Waals surface area (Å²) in [7, 11) is -3.68. The molecule has 29 heavy (non-hydrogen) atoms. The number of sulfonamides is 1. The Kier molecular flexibility index (Phi) is 6.20. The fraction of sp³-hybridized carbons (Fsp3) is 0.0500. The minimum atomic E-state index is -3.68. The number of benzene rings is 2. The van der Waals surface area contributed by atoms with Gasteiger partial charge in [0, 0.05) is 6.08 Å². The van der Waals surface area contributed by atoms with Crippen LogP contribution in [0.3, 0.4) is 0 Å². The molecule has 0 saturated heterocycles. The third-order valence-electron chi connectivity index (χ3n) is 3.78. The van der Waals surface area contributed by atoms with Crippen LogP contribution in [0.15, 0.2) is 76.1 Å². The Bertz CT molecular complexity index is 1120. The van der Waals surface area contributed by atoms with Crippen LogP contribution in [0.25, 0.3) is 6.08 Å². The molecule has 1 heterocycles. The Labute approximate surface area is 165 Å². The van der Waals surface area contributed by atoms with Crippen molar-refractivity contribution in [3.8, 4) is 0 Å². The van der Waals surface area contributed by atoms with E-state index >= 15 is 0 Å². The lowest BCUT2D eigenvalue weighted by atomic mass is 10.3. The molecule has 1 amide bonds. The summed E-state index contributed by atoms with van der Waals surface area (Å²) in [6.45, 7) is -0.0856. The van der Waals surface area contributed by atoms with Crippen LogP contribution in [0.4, 0.5) is 14.5 Å². The van der Waals surface area contributed by atoms with Gasteiger partial charge in [0.1, 0.15) is 28.8 Å². The van der Waals surface area contributed by atoms with Crippen molar-refractivity contribution >= 4 is 27.7 Å². The molecule has 0 saturated carbocycles. The number of amides is 1. The van der Waals surface area contributed by atoms with Crippen LogP contribution in [0.1, 0.15) is 11.5 Å². The van der Waals surface area contributed by atoms with Crippen LogP contribution in [-0.4, -0.2) is 14.3 Å². The second-order valence-corrected chi connectivity index (χ2v) is 7.63. The van der Waals surface area contributed by atoms with Gasteiger partial charge in [-0.25, -0.2) is 21.9 Å². The number of anilines is 1. The zero-order valence-corrected chi connectivity index (χ0v) is 15.7. The van der Waals surface area contributed by atoms with E-state index in [9.17, 15) is 22.0 Å². The molecule has 150 valence electrons. The molecule has 2 aromatic carbocycles. The summed E-state index contributed by atoms with van der Waals surface area (Å²) in [5.41, 5.74) is -0.544. The molecule has 3 aromatic rings. The molecule has 0 atom stereocenters. The zero-order valence-electron chi connectivity index (χ0n) is 14.9. The highest BCUT2D eigenvalue weighted by molar-refractivity contribution is 7.89. The molecule has 0 aliphatic heterocycles. The second kappa shape index (κ2) is 8.80. The van der Waals surface area contributed by atoms with E-state index in [2.05, 4.69) is 10.0 Å². The van der Waals surface area contributed by atoms with Gasteiger partial charge in [-0.1, -0.05) is 24.3 Å². The van der Waals surface area contributed by atoms with Crippen molar-refractivity contribution in [1.29, 1.82) is 0 Å². The van der Waals surface area contributed by atoms with Crippen molar-refractivity contribution < 1.29 is 26.4 Å². The number of hydrogen-bond donors (Lipinski definition) is 2. The topological polar surface area (TPSA) is 88.4 Å². The smallest absolute Gasteiger partial charge is 0.248 e. The van der Waals surface area contributed by atoms with E-state index in [0.717, 1.165) is 18.2 Å². The van der Waals surface area contributed by atoms with Crippen molar-refractivity contribution in [1.82, 2.24) is 4.72 Å². The molecule has 0 aliphatic carbocycles. The van der Waals surface area contributed by atoms with E-state index in [1.165, 1.54) is 30.3 Å². The normalized spacial score (nSPS) is 11.7. The standard InChI is InChI=1S/C20H16F2N2O4S/c21-17-7-4-8-18(22)20(17)24-19(25)12-11-14-9-10-15(28-14)13-23-29(26,27)16-5-2-1-3-6-16/h1-12,23H,13H2,(H,24,25)/b12-11+. The van der Waals surface area contributed by atoms with Gasteiger partial charge in [0.25, 0.3) is 0 Å². The number of furan rings is 1. The van der Waals surface area contributed by atoms with Crippen molar-refractivity contribution in [2.45, 2.75) is 11.4 Å². The number of rotatable bonds is 7. The maximum Gasteiger partial charge on any atom is 0.248 e. The largest absolute Gasteiger partial charge is 0.460 e. The van der Waals surface area contributed by atoms with Crippen molar-refractivity contribution in [2.24, 2.45) is 0 Å². The molecule has 0 aliphatic rings. The van der Waals surface area contributed by atoms with Gasteiger partial charge in [-0.3, -0.25) is 4.79 Å². The molecular formula is C20H16F2N2O4S. The molecule has 3 rings (SSSR count). The first-order chi connectivity index (χ1) is 13.8. The molecule has 0 radical (unpaired) electrons. The highest BCUT2D eigenvalue weighted by Gasteiger charge is 2.14. The fourth-order valence-electron chi connectivity index (χ4n) is 2.37. The van der Waals surface area contributed by atoms with Crippen LogP contribution >= 0.6 is 0 Å². The van der Waals surface area contributed by atoms with E-state index in [0.29, 0.717) is 5.76 Å². The van der Waals surface area contributed by atoms with Crippen molar-refractivity contribution in [3.63, 3.8) is 0 Å². The number of carbonyl (C=O) groups is 1. The Morgan fingerprint density at radius 1 is 0.966 bits per heavy atom. The average Bonchev–Trinajstić information content (AvgIpc) is 3.17. The van der Waals surface area contributed by atoms with Gasteiger partial charge in [0.2, 0.25) is 15.9 Å². The minimum absolute atomic E-state index is 0.0856. The molecule has 9 heteroatoms. The summed E-state index contributed by atoms with van der Waals surface area (Å²) >= 11 is 0. The molecule has 0 fully saturated rings. The molecule has 0 unspecified atom stereocenters. The first-order valence-corrected chi connectivity index (χ1v) is 9.90. The van der Waals surface area contributed by atoms with Crippen LogP contribution < -0.4 is 10.0 Å². The van der Waals surface area contributed by atoms with Gasteiger partial charge in [-0.05, 0) is 42.5 Å². The Morgan fingerprint density at radius 2 is 1.66 bits per heavy atom. The van der Waals surface area contributed by atoms with Crippen LogP contribution in [0.2, 0.25) is 0 Å². The molecular weight excluding hydrogens is 402 g/mol. The number of nitrogens with one attached hydrogen (secondary N) is 2. The average molecular weight is 418 g/mol. The van der Waals surface area contributed by atoms with Gasteiger partial charge < -0.3 is 9.73 Å². The summed E-state index contributed by atoms with van der Waals surface area (Å²) in [4.78, 5) is 12.0. The summed E-state index contributed by atoms with van der Waals surface area (Å²) in [6, 6.07) is 14.2. The highest BCUT2D eigenvalue weighted by Crippen LogP contribution is 2.18. The predicted octanol–water partition coefficient (Wildman–Crippen LogP) is 3.69. The maximum absolute atomic E-state index is 13.5. The van der Waals surface area contributed by atoms with Gasteiger partial charge in [-0.2, -0.15) is 0 Å². The third kappa shape index (κ3) is 5.37. The Hall–Kier alpha value is -3.30. The van der Waals surface area contributed by atoms with E-state index in [1.54, 1.807) is 24.3 Å². The SMILES string of the molecule is O=C(/C=C/c1ccc(CNS(=O)(=O)c2ccccc2)o1)Nc1c(F)cccc1F. The lowest BCUT2D eigenvalue weighted by molar-refractivity contribution is -0.111. The molecule has 6 nitrogen and oxygen atoms in total. The van der Waals surface area contributed by atoms with Gasteiger partial charge in [0.05, 0.1) is 11.4 Å². The lowest BCUT2D eigenvalue weighted by Gasteiger charge is -2.05. The molecule has 1 aromatic heterocycles. The maximum atomic E-state index is 13.5. The number of carbonyl (C=O) groups excluding carboxylic acids is 1. The van der Waals surface area contributed by atoms with Crippen LogP contribution in [-0.2, 0) is 21.4 Å². The first kappa shape index (κ1) is 20.4. The number of para-hydroxylation sites is 1. The lowest BCUT2D eigenvalue weighted by Crippen LogP contribution is -2.22. The van der Waals surface area contributed by atoms with Crippen LogP contribution in [0, 0.1) is 11.6 Å². The monoisotopic (exact) mass is 418 g/mol. The summed E-state index contributed by atoms with van der Waals surface area (Å²) in [5, 5.41) is 2.11. The molecule has 0 bridgehead atoms. The molecule has 2 N–H and O–H groups in total. The van der Waals surface area contributed by atoms with Crippen molar-refractivity contribution in [3.05, 3.63) is 89.9 Å². The van der Waals surface area contributed by atoms with E-state index in [-0.39, 0.29) is 17.2 Å². The zero-order chi connectivity index (χ0) is 20.9. The first-order valence-electron chi connectivity index (χ1n) is 8.42. The quantitative estimate of drug-likeness (QED) is 0.573. The highest BCUT2D eigenvalue weighted by atomic mass is 32.2. The summed E-state index contributed by atoms with van der Waals surface area (Å²) < 4.78 is 59.2. The van der Waals surface area contributed by atoms with Gasteiger partial charge >= 0.3 is 0 Å².